The summed E-state index contributed by atoms with van der Waals surface area (Å²) in [6, 6.07) is 3.88. The highest BCUT2D eigenvalue weighted by Crippen LogP contribution is 2.24. The van der Waals surface area contributed by atoms with Crippen LogP contribution in [-0.2, 0) is 4.74 Å². The number of carbonyl (C=O) groups is 1. The minimum Gasteiger partial charge on any atom is -0.449 e. The molecule has 18 heavy (non-hydrogen) atoms. The minimum absolute atomic E-state index is 0.0291. The van der Waals surface area contributed by atoms with Gasteiger partial charge in [-0.3, -0.25) is 15.4 Å². The van der Waals surface area contributed by atoms with Gasteiger partial charge < -0.3 is 10.5 Å². The van der Waals surface area contributed by atoms with Crippen molar-refractivity contribution in [2.45, 2.75) is 6.42 Å². The lowest BCUT2D eigenvalue weighted by Gasteiger charge is -2.06. The van der Waals surface area contributed by atoms with Gasteiger partial charge in [0.1, 0.15) is 5.69 Å². The third-order valence-corrected chi connectivity index (χ3v) is 2.25. The second kappa shape index (κ2) is 6.65. The van der Waals surface area contributed by atoms with Gasteiger partial charge in [0.2, 0.25) is 0 Å². The number of alkyl halides is 1. The van der Waals surface area contributed by atoms with Crippen LogP contribution >= 0.6 is 11.6 Å². The van der Waals surface area contributed by atoms with E-state index in [-0.39, 0.29) is 18.0 Å². The zero-order chi connectivity index (χ0) is 13.5. The number of carbonyl (C=O) groups excluding carboxylic acids is 1. The van der Waals surface area contributed by atoms with Gasteiger partial charge in [0.15, 0.2) is 0 Å². The van der Waals surface area contributed by atoms with Crippen LogP contribution in [0.2, 0.25) is 0 Å². The number of nitrogens with one attached hydrogen (secondary N) is 1. The van der Waals surface area contributed by atoms with Crippen molar-refractivity contribution in [3.63, 3.8) is 0 Å². The van der Waals surface area contributed by atoms with Gasteiger partial charge >= 0.3 is 6.09 Å². The van der Waals surface area contributed by atoms with E-state index in [1.165, 1.54) is 18.2 Å². The molecular formula is C10H12ClN3O4. The van der Waals surface area contributed by atoms with Gasteiger partial charge in [-0.1, -0.05) is 0 Å². The summed E-state index contributed by atoms with van der Waals surface area (Å²) >= 11 is 5.42. The Labute approximate surface area is 108 Å². The van der Waals surface area contributed by atoms with Crippen LogP contribution in [0.1, 0.15) is 6.42 Å². The number of ether oxygens (including phenoxy) is 1. The van der Waals surface area contributed by atoms with Gasteiger partial charge in [-0.15, -0.1) is 11.6 Å². The Morgan fingerprint density at radius 1 is 1.56 bits per heavy atom. The smallest absolute Gasteiger partial charge is 0.411 e. The minimum atomic E-state index is -0.659. The van der Waals surface area contributed by atoms with Crippen LogP contribution in [0.25, 0.3) is 0 Å². The summed E-state index contributed by atoms with van der Waals surface area (Å²) in [4.78, 5) is 21.2. The fraction of sp³-hybridized carbons (Fsp3) is 0.300. The predicted octanol–water partition coefficient (Wildman–Crippen LogP) is 2.35. The number of nitro benzene ring substituents is 1. The second-order valence-electron chi connectivity index (χ2n) is 3.33. The summed E-state index contributed by atoms with van der Waals surface area (Å²) in [7, 11) is 0. The van der Waals surface area contributed by atoms with Crippen molar-refractivity contribution in [1.82, 2.24) is 0 Å². The quantitative estimate of drug-likeness (QED) is 0.281. The topological polar surface area (TPSA) is 107 Å². The molecule has 0 aliphatic rings. The molecule has 8 heteroatoms. The number of nitrogen functional groups attached to an aromatic ring is 1. The number of benzene rings is 1. The molecule has 0 atom stereocenters. The largest absolute Gasteiger partial charge is 0.449 e. The monoisotopic (exact) mass is 273 g/mol. The summed E-state index contributed by atoms with van der Waals surface area (Å²) in [6.07, 6.45) is -0.106. The van der Waals surface area contributed by atoms with Crippen LogP contribution in [0.3, 0.4) is 0 Å². The number of halogens is 1. The Hall–Kier alpha value is -2.02. The van der Waals surface area contributed by atoms with E-state index in [0.29, 0.717) is 18.0 Å². The first kappa shape index (κ1) is 14.0. The number of nitrogens with zero attached hydrogens (tertiary/aromatic N) is 1. The Bertz CT molecular complexity index is 453. The van der Waals surface area contributed by atoms with Gasteiger partial charge in [0.05, 0.1) is 11.5 Å². The SMILES string of the molecule is Nc1cc(NC(=O)OCCCCl)ccc1[N+](=O)[O-]. The normalized spacial score (nSPS) is 9.83. The highest BCUT2D eigenvalue weighted by Gasteiger charge is 2.12. The van der Waals surface area contributed by atoms with E-state index in [1.54, 1.807) is 0 Å². The molecule has 1 aromatic carbocycles. The van der Waals surface area contributed by atoms with Crippen LogP contribution in [0.5, 0.6) is 0 Å². The zero-order valence-corrected chi connectivity index (χ0v) is 10.1. The Kier molecular flexibility index (Phi) is 5.19. The van der Waals surface area contributed by atoms with E-state index in [0.717, 1.165) is 0 Å². The van der Waals surface area contributed by atoms with Crippen LogP contribution in [0.4, 0.5) is 21.9 Å². The highest BCUT2D eigenvalue weighted by molar-refractivity contribution is 6.17. The maximum Gasteiger partial charge on any atom is 0.411 e. The maximum atomic E-state index is 11.3. The van der Waals surface area contributed by atoms with E-state index in [4.69, 9.17) is 22.1 Å². The van der Waals surface area contributed by atoms with Crippen LogP contribution in [0.15, 0.2) is 18.2 Å². The summed E-state index contributed by atoms with van der Waals surface area (Å²) in [5.74, 6) is 0.401. The molecule has 1 aromatic rings. The summed E-state index contributed by atoms with van der Waals surface area (Å²) < 4.78 is 4.79. The standard InChI is InChI=1S/C10H12ClN3O4/c11-4-1-5-18-10(15)13-7-2-3-9(14(16)17)8(12)6-7/h2-3,6H,1,4-5,12H2,(H,13,15). The average molecular weight is 274 g/mol. The number of hydrogen-bond donors (Lipinski definition) is 2. The van der Waals surface area contributed by atoms with Crippen molar-refractivity contribution in [1.29, 1.82) is 0 Å². The predicted molar refractivity (Wildman–Crippen MR) is 67.8 cm³/mol. The van der Waals surface area contributed by atoms with E-state index in [2.05, 4.69) is 5.32 Å². The summed E-state index contributed by atoms with van der Waals surface area (Å²) in [6.45, 7) is 0.206. The molecule has 0 aliphatic carbocycles. The van der Waals surface area contributed by atoms with Gasteiger partial charge in [0.25, 0.3) is 5.69 Å². The van der Waals surface area contributed by atoms with Crippen molar-refractivity contribution >= 4 is 34.8 Å². The molecule has 0 aromatic heterocycles. The van der Waals surface area contributed by atoms with Gasteiger partial charge in [-0.2, -0.15) is 0 Å². The van der Waals surface area contributed by atoms with E-state index in [1.807, 2.05) is 0 Å². The third kappa shape index (κ3) is 4.10. The average Bonchev–Trinajstić information content (AvgIpc) is 2.28. The highest BCUT2D eigenvalue weighted by atomic mass is 35.5. The van der Waals surface area contributed by atoms with Crippen LogP contribution < -0.4 is 11.1 Å². The third-order valence-electron chi connectivity index (χ3n) is 1.98. The van der Waals surface area contributed by atoms with E-state index >= 15 is 0 Å². The molecule has 3 N–H and O–H groups in total. The zero-order valence-electron chi connectivity index (χ0n) is 9.39. The molecular weight excluding hydrogens is 262 g/mol. The van der Waals surface area contributed by atoms with Crippen LogP contribution in [0, 0.1) is 10.1 Å². The lowest BCUT2D eigenvalue weighted by atomic mass is 10.2. The van der Waals surface area contributed by atoms with Gasteiger partial charge in [-0.25, -0.2) is 4.79 Å². The molecule has 1 rings (SSSR count). The number of anilines is 2. The molecule has 0 spiro atoms. The molecule has 7 nitrogen and oxygen atoms in total. The van der Waals surface area contributed by atoms with Crippen LogP contribution in [-0.4, -0.2) is 23.5 Å². The van der Waals surface area contributed by atoms with Crippen molar-refractivity contribution in [3.05, 3.63) is 28.3 Å². The first-order chi connectivity index (χ1) is 8.54. The van der Waals surface area contributed by atoms with E-state index in [9.17, 15) is 14.9 Å². The summed E-state index contributed by atoms with van der Waals surface area (Å²) in [5.41, 5.74) is 5.56. The molecule has 0 heterocycles. The molecule has 0 saturated heterocycles. The van der Waals surface area contributed by atoms with Gasteiger partial charge in [-0.05, 0) is 18.6 Å². The lowest BCUT2D eigenvalue weighted by molar-refractivity contribution is -0.383. The number of nitro groups is 1. The molecule has 0 bridgehead atoms. The maximum absolute atomic E-state index is 11.3. The fourth-order valence-electron chi connectivity index (χ4n) is 1.17. The number of nitrogens with two attached hydrogens (primary N) is 1. The Morgan fingerprint density at radius 3 is 2.83 bits per heavy atom. The second-order valence-corrected chi connectivity index (χ2v) is 3.71. The molecule has 98 valence electrons. The van der Waals surface area contributed by atoms with Gasteiger partial charge in [0, 0.05) is 17.6 Å². The van der Waals surface area contributed by atoms with Crippen molar-refractivity contribution < 1.29 is 14.5 Å². The molecule has 0 radical (unpaired) electrons. The molecule has 1 amide bonds. The van der Waals surface area contributed by atoms with Crippen molar-refractivity contribution in [3.8, 4) is 0 Å². The molecule has 0 unspecified atom stereocenters. The first-order valence-electron chi connectivity index (χ1n) is 5.08. The van der Waals surface area contributed by atoms with Crippen molar-refractivity contribution in [2.75, 3.05) is 23.5 Å². The molecule has 0 aliphatic heterocycles. The lowest BCUT2D eigenvalue weighted by Crippen LogP contribution is -2.14. The Balaban J connectivity index is 2.60. The van der Waals surface area contributed by atoms with Crippen molar-refractivity contribution in [2.24, 2.45) is 0 Å². The fourth-order valence-corrected chi connectivity index (χ4v) is 1.28. The number of amides is 1. The number of rotatable bonds is 5. The summed E-state index contributed by atoms with van der Waals surface area (Å²) in [5, 5.41) is 12.9. The number of hydrogen-bond acceptors (Lipinski definition) is 5. The molecule has 0 saturated carbocycles. The first-order valence-corrected chi connectivity index (χ1v) is 5.61. The van der Waals surface area contributed by atoms with E-state index < -0.39 is 11.0 Å². The molecule has 0 fully saturated rings. The Morgan fingerprint density at radius 2 is 2.28 bits per heavy atom.